The zero-order chi connectivity index (χ0) is 12.8. The van der Waals surface area contributed by atoms with Gasteiger partial charge in [-0.15, -0.1) is 0 Å². The fraction of sp³-hybridized carbons (Fsp3) is 0.400. The maximum atomic E-state index is 4.21. The fourth-order valence-corrected chi connectivity index (χ4v) is 2.03. The van der Waals surface area contributed by atoms with Crippen molar-refractivity contribution in [3.63, 3.8) is 0 Å². The van der Waals surface area contributed by atoms with Gasteiger partial charge in [-0.1, -0.05) is 26.0 Å². The van der Waals surface area contributed by atoms with Gasteiger partial charge in [0.1, 0.15) is 0 Å². The summed E-state index contributed by atoms with van der Waals surface area (Å²) >= 11 is 0. The molecule has 18 heavy (non-hydrogen) atoms. The van der Waals surface area contributed by atoms with Gasteiger partial charge in [0.25, 0.3) is 0 Å². The molecule has 0 amide bonds. The smallest absolute Gasteiger partial charge is 0.0948 e. The van der Waals surface area contributed by atoms with Gasteiger partial charge in [0, 0.05) is 18.4 Å². The van der Waals surface area contributed by atoms with Crippen molar-refractivity contribution in [2.24, 2.45) is 0 Å². The third-order valence-corrected chi connectivity index (χ3v) is 3.07. The second kappa shape index (κ2) is 6.24. The molecule has 3 heteroatoms. The molecule has 0 radical (unpaired) electrons. The minimum atomic E-state index is 0.827. The Morgan fingerprint density at radius 2 is 2.17 bits per heavy atom. The third kappa shape index (κ3) is 3.13. The Morgan fingerprint density at radius 1 is 1.28 bits per heavy atom. The molecule has 2 rings (SSSR count). The number of rotatable bonds is 6. The van der Waals surface area contributed by atoms with Gasteiger partial charge >= 0.3 is 0 Å². The Bertz CT molecular complexity index is 488. The Kier molecular flexibility index (Phi) is 4.40. The van der Waals surface area contributed by atoms with E-state index in [9.17, 15) is 0 Å². The predicted molar refractivity (Wildman–Crippen MR) is 75.7 cm³/mol. The highest BCUT2D eigenvalue weighted by atomic mass is 15.1. The maximum absolute atomic E-state index is 4.21. The van der Waals surface area contributed by atoms with Crippen LogP contribution in [0.25, 0.3) is 0 Å². The third-order valence-electron chi connectivity index (χ3n) is 3.07. The van der Waals surface area contributed by atoms with Crippen LogP contribution in [-0.2, 0) is 19.5 Å². The fourth-order valence-electron chi connectivity index (χ4n) is 2.03. The van der Waals surface area contributed by atoms with E-state index in [2.05, 4.69) is 53.0 Å². The summed E-state index contributed by atoms with van der Waals surface area (Å²) < 4.78 is 2.21. The first kappa shape index (κ1) is 12.7. The molecule has 1 heterocycles. The van der Waals surface area contributed by atoms with Crippen molar-refractivity contribution in [2.75, 3.05) is 5.32 Å². The second-order valence-corrected chi connectivity index (χ2v) is 4.49. The van der Waals surface area contributed by atoms with Crippen molar-refractivity contribution in [3.05, 3.63) is 48.0 Å². The highest BCUT2D eigenvalue weighted by Crippen LogP contribution is 2.12. The summed E-state index contributed by atoms with van der Waals surface area (Å²) in [6.45, 7) is 6.22. The van der Waals surface area contributed by atoms with E-state index in [1.54, 1.807) is 0 Å². The van der Waals surface area contributed by atoms with Crippen molar-refractivity contribution >= 4 is 5.69 Å². The standard InChI is InChI=1S/C15H21N3/c1-3-8-18-12-16-10-15(18)11-17-14-7-5-6-13(4-2)9-14/h5-7,9-10,12,17H,3-4,8,11H2,1-2H3. The molecule has 1 aromatic heterocycles. The number of hydrogen-bond acceptors (Lipinski definition) is 2. The van der Waals surface area contributed by atoms with Crippen LogP contribution in [0.5, 0.6) is 0 Å². The average molecular weight is 243 g/mol. The topological polar surface area (TPSA) is 29.9 Å². The van der Waals surface area contributed by atoms with Crippen LogP contribution in [-0.4, -0.2) is 9.55 Å². The minimum Gasteiger partial charge on any atom is -0.379 e. The van der Waals surface area contributed by atoms with Crippen LogP contribution >= 0.6 is 0 Å². The van der Waals surface area contributed by atoms with E-state index in [0.717, 1.165) is 25.9 Å². The van der Waals surface area contributed by atoms with Crippen molar-refractivity contribution in [3.8, 4) is 0 Å². The number of imidazole rings is 1. The molecule has 1 aromatic carbocycles. The van der Waals surface area contributed by atoms with E-state index in [1.165, 1.54) is 16.9 Å². The molecule has 0 aliphatic heterocycles. The lowest BCUT2D eigenvalue weighted by atomic mass is 10.1. The van der Waals surface area contributed by atoms with E-state index < -0.39 is 0 Å². The lowest BCUT2D eigenvalue weighted by Gasteiger charge is -2.10. The number of hydrogen-bond donors (Lipinski definition) is 1. The maximum Gasteiger partial charge on any atom is 0.0948 e. The summed E-state index contributed by atoms with van der Waals surface area (Å²) in [5.41, 5.74) is 3.78. The van der Waals surface area contributed by atoms with Crippen LogP contribution in [0.1, 0.15) is 31.5 Å². The van der Waals surface area contributed by atoms with Gasteiger partial charge in [-0.3, -0.25) is 0 Å². The van der Waals surface area contributed by atoms with Crippen LogP contribution in [0.2, 0.25) is 0 Å². The Balaban J connectivity index is 1.99. The van der Waals surface area contributed by atoms with Crippen molar-refractivity contribution in [2.45, 2.75) is 39.8 Å². The molecule has 0 saturated heterocycles. The van der Waals surface area contributed by atoms with Crippen LogP contribution < -0.4 is 5.32 Å². The summed E-state index contributed by atoms with van der Waals surface area (Å²) in [6, 6.07) is 8.58. The van der Waals surface area contributed by atoms with E-state index in [4.69, 9.17) is 0 Å². The number of aromatic nitrogens is 2. The van der Waals surface area contributed by atoms with Gasteiger partial charge in [0.15, 0.2) is 0 Å². The van der Waals surface area contributed by atoms with Gasteiger partial charge in [-0.05, 0) is 30.5 Å². The van der Waals surface area contributed by atoms with Crippen LogP contribution in [0.15, 0.2) is 36.8 Å². The zero-order valence-electron chi connectivity index (χ0n) is 11.2. The second-order valence-electron chi connectivity index (χ2n) is 4.49. The van der Waals surface area contributed by atoms with Gasteiger partial charge in [0.2, 0.25) is 0 Å². The summed E-state index contributed by atoms with van der Waals surface area (Å²) in [7, 11) is 0. The SMILES string of the molecule is CCCn1cncc1CNc1cccc(CC)c1. The summed E-state index contributed by atoms with van der Waals surface area (Å²) in [5, 5.41) is 3.46. The summed E-state index contributed by atoms with van der Waals surface area (Å²) in [5.74, 6) is 0. The first-order valence-corrected chi connectivity index (χ1v) is 6.65. The average Bonchev–Trinajstić information content (AvgIpc) is 2.85. The summed E-state index contributed by atoms with van der Waals surface area (Å²) in [4.78, 5) is 4.21. The molecule has 0 fully saturated rings. The van der Waals surface area contributed by atoms with Crippen molar-refractivity contribution in [1.29, 1.82) is 0 Å². The molecule has 0 aliphatic rings. The molecule has 0 atom stereocenters. The predicted octanol–water partition coefficient (Wildman–Crippen LogP) is 3.47. The quantitative estimate of drug-likeness (QED) is 0.842. The highest BCUT2D eigenvalue weighted by molar-refractivity contribution is 5.45. The van der Waals surface area contributed by atoms with E-state index in [0.29, 0.717) is 0 Å². The molecule has 1 N–H and O–H groups in total. The normalized spacial score (nSPS) is 10.6. The molecule has 0 unspecified atom stereocenters. The summed E-state index contributed by atoms with van der Waals surface area (Å²) in [6.07, 6.45) is 6.05. The Labute approximate surface area is 109 Å². The largest absolute Gasteiger partial charge is 0.379 e. The monoisotopic (exact) mass is 243 g/mol. The van der Waals surface area contributed by atoms with Crippen molar-refractivity contribution < 1.29 is 0 Å². The van der Waals surface area contributed by atoms with Gasteiger partial charge in [-0.25, -0.2) is 4.98 Å². The van der Waals surface area contributed by atoms with E-state index in [1.807, 2.05) is 12.5 Å². The molecule has 0 aliphatic carbocycles. The number of benzene rings is 1. The van der Waals surface area contributed by atoms with E-state index >= 15 is 0 Å². The van der Waals surface area contributed by atoms with Gasteiger partial charge in [-0.2, -0.15) is 0 Å². The number of aryl methyl sites for hydroxylation is 2. The Morgan fingerprint density at radius 3 is 2.94 bits per heavy atom. The molecule has 96 valence electrons. The number of nitrogens with one attached hydrogen (secondary N) is 1. The molecule has 0 spiro atoms. The van der Waals surface area contributed by atoms with Gasteiger partial charge < -0.3 is 9.88 Å². The van der Waals surface area contributed by atoms with Crippen LogP contribution in [0, 0.1) is 0 Å². The highest BCUT2D eigenvalue weighted by Gasteiger charge is 2.01. The Hall–Kier alpha value is -1.77. The van der Waals surface area contributed by atoms with Crippen LogP contribution in [0.4, 0.5) is 5.69 Å². The molecule has 0 saturated carbocycles. The first-order chi connectivity index (χ1) is 8.83. The first-order valence-electron chi connectivity index (χ1n) is 6.65. The lowest BCUT2D eigenvalue weighted by molar-refractivity contribution is 0.651. The lowest BCUT2D eigenvalue weighted by Crippen LogP contribution is -2.07. The van der Waals surface area contributed by atoms with E-state index in [-0.39, 0.29) is 0 Å². The molecule has 2 aromatic rings. The number of nitrogens with zero attached hydrogens (tertiary/aromatic N) is 2. The van der Waals surface area contributed by atoms with Crippen molar-refractivity contribution in [1.82, 2.24) is 9.55 Å². The minimum absolute atomic E-state index is 0.827. The van der Waals surface area contributed by atoms with Gasteiger partial charge in [0.05, 0.1) is 18.6 Å². The molecular weight excluding hydrogens is 222 g/mol. The molecule has 3 nitrogen and oxygen atoms in total. The number of anilines is 1. The molecule has 0 bridgehead atoms. The zero-order valence-corrected chi connectivity index (χ0v) is 11.2. The van der Waals surface area contributed by atoms with Crippen LogP contribution in [0.3, 0.4) is 0 Å². The molecular formula is C15H21N3.